The van der Waals surface area contributed by atoms with E-state index >= 15 is 0 Å². The molecule has 0 radical (unpaired) electrons. The van der Waals surface area contributed by atoms with Crippen LogP contribution < -0.4 is 5.73 Å². The monoisotopic (exact) mass is 292 g/mol. The number of halogens is 2. The highest BCUT2D eigenvalue weighted by Crippen LogP contribution is 2.24. The summed E-state index contributed by atoms with van der Waals surface area (Å²) < 4.78 is 13.6. The van der Waals surface area contributed by atoms with Gasteiger partial charge in [0.15, 0.2) is 5.82 Å². The van der Waals surface area contributed by atoms with E-state index < -0.39 is 17.5 Å². The summed E-state index contributed by atoms with van der Waals surface area (Å²) in [6, 6.07) is 7.13. The molecule has 102 valence electrons. The summed E-state index contributed by atoms with van der Waals surface area (Å²) in [5.41, 5.74) is 5.18. The van der Waals surface area contributed by atoms with Crippen molar-refractivity contribution in [3.8, 4) is 0 Å². The van der Waals surface area contributed by atoms with Gasteiger partial charge in [0.1, 0.15) is 5.69 Å². The Labute approximate surface area is 119 Å². The molecule has 0 saturated heterocycles. The minimum Gasteiger partial charge on any atom is -0.369 e. The Morgan fingerprint density at radius 1 is 1.25 bits per heavy atom. The van der Waals surface area contributed by atoms with Gasteiger partial charge in [-0.3, -0.25) is 9.59 Å². The van der Waals surface area contributed by atoms with Gasteiger partial charge in [0.05, 0.1) is 11.4 Å². The van der Waals surface area contributed by atoms with Gasteiger partial charge in [-0.25, -0.2) is 9.37 Å². The number of nitrogens with zero attached hydrogens (tertiary/aromatic N) is 1. The predicted molar refractivity (Wildman–Crippen MR) is 72.0 cm³/mol. The number of carbonyl (C=O) groups excluding carboxylic acids is 2. The van der Waals surface area contributed by atoms with Crippen molar-refractivity contribution in [1.82, 2.24) is 4.98 Å². The molecular formula is C14H10ClFN2O2. The summed E-state index contributed by atoms with van der Waals surface area (Å²) in [4.78, 5) is 27.1. The molecule has 1 amide bonds. The lowest BCUT2D eigenvalue weighted by atomic mass is 9.98. The highest BCUT2D eigenvalue weighted by molar-refractivity contribution is 6.35. The first-order valence-corrected chi connectivity index (χ1v) is 6.09. The molecule has 4 nitrogen and oxygen atoms in total. The highest BCUT2D eigenvalue weighted by atomic mass is 35.5. The topological polar surface area (TPSA) is 73.1 Å². The zero-order chi connectivity index (χ0) is 14.7. The lowest BCUT2D eigenvalue weighted by Gasteiger charge is -2.09. The second-order valence-electron chi connectivity index (χ2n) is 4.08. The van der Waals surface area contributed by atoms with Crippen LogP contribution in [-0.2, 0) is 11.2 Å². The molecule has 6 heteroatoms. The van der Waals surface area contributed by atoms with Crippen LogP contribution in [0.1, 0.15) is 21.6 Å². The Bertz CT molecular complexity index is 689. The molecule has 0 aliphatic rings. The Hall–Kier alpha value is -2.27. The van der Waals surface area contributed by atoms with Crippen LogP contribution in [0.5, 0.6) is 0 Å². The first kappa shape index (κ1) is 14.1. The fraction of sp³-hybridized carbons (Fsp3) is 0.0714. The summed E-state index contributed by atoms with van der Waals surface area (Å²) in [7, 11) is 0. The van der Waals surface area contributed by atoms with Crippen LogP contribution in [0.25, 0.3) is 0 Å². The van der Waals surface area contributed by atoms with Crippen LogP contribution in [-0.4, -0.2) is 16.7 Å². The van der Waals surface area contributed by atoms with Crippen LogP contribution in [0, 0.1) is 5.82 Å². The predicted octanol–water partition coefficient (Wildman–Crippen LogP) is 2.13. The summed E-state index contributed by atoms with van der Waals surface area (Å²) >= 11 is 5.99. The Morgan fingerprint density at radius 3 is 2.65 bits per heavy atom. The third-order valence-electron chi connectivity index (χ3n) is 2.67. The summed E-state index contributed by atoms with van der Waals surface area (Å²) in [6.45, 7) is 0. The number of amides is 1. The average molecular weight is 293 g/mol. The number of nitrogens with two attached hydrogens (primary N) is 1. The fourth-order valence-electron chi connectivity index (χ4n) is 1.83. The van der Waals surface area contributed by atoms with Gasteiger partial charge in [0.2, 0.25) is 11.7 Å². The fourth-order valence-corrected chi connectivity index (χ4v) is 2.11. The number of benzene rings is 1. The number of aromatic nitrogens is 1. The van der Waals surface area contributed by atoms with Crippen LogP contribution in [0.3, 0.4) is 0 Å². The van der Waals surface area contributed by atoms with E-state index in [9.17, 15) is 14.0 Å². The third kappa shape index (κ3) is 2.83. The molecule has 2 rings (SSSR count). The number of hydrogen-bond donors (Lipinski definition) is 1. The van der Waals surface area contributed by atoms with Crippen molar-refractivity contribution in [3.63, 3.8) is 0 Å². The minimum absolute atomic E-state index is 0.0468. The van der Waals surface area contributed by atoms with Gasteiger partial charge in [0.25, 0.3) is 0 Å². The first-order valence-electron chi connectivity index (χ1n) is 5.71. The van der Waals surface area contributed by atoms with E-state index in [0.29, 0.717) is 5.56 Å². The largest absolute Gasteiger partial charge is 0.369 e. The van der Waals surface area contributed by atoms with E-state index in [1.807, 2.05) is 0 Å². The van der Waals surface area contributed by atoms with Crippen molar-refractivity contribution in [2.45, 2.75) is 6.42 Å². The van der Waals surface area contributed by atoms with Crippen molar-refractivity contribution in [2.24, 2.45) is 5.73 Å². The average Bonchev–Trinajstić information content (AvgIpc) is 2.38. The van der Waals surface area contributed by atoms with E-state index in [-0.39, 0.29) is 22.7 Å². The van der Waals surface area contributed by atoms with Gasteiger partial charge < -0.3 is 5.73 Å². The second-order valence-corrected chi connectivity index (χ2v) is 4.49. The summed E-state index contributed by atoms with van der Waals surface area (Å²) in [6.07, 6.45) is 1.15. The molecule has 2 aromatic rings. The maximum absolute atomic E-state index is 13.6. The van der Waals surface area contributed by atoms with Crippen molar-refractivity contribution in [2.75, 3.05) is 0 Å². The van der Waals surface area contributed by atoms with E-state index in [1.54, 1.807) is 12.1 Å². The maximum atomic E-state index is 13.6. The molecule has 0 spiro atoms. The first-order chi connectivity index (χ1) is 9.50. The molecule has 0 aliphatic carbocycles. The van der Waals surface area contributed by atoms with Gasteiger partial charge in [-0.05, 0) is 23.8 Å². The molecule has 0 atom stereocenters. The number of rotatable bonds is 4. The smallest absolute Gasteiger partial charge is 0.221 e. The quantitative estimate of drug-likeness (QED) is 0.877. The van der Waals surface area contributed by atoms with Gasteiger partial charge in [-0.2, -0.15) is 0 Å². The van der Waals surface area contributed by atoms with E-state index in [0.717, 1.165) is 6.07 Å². The van der Waals surface area contributed by atoms with Crippen molar-refractivity contribution >= 4 is 23.3 Å². The second kappa shape index (κ2) is 5.79. The molecule has 1 aromatic carbocycles. The molecule has 0 fully saturated rings. The Balaban J connectivity index is 2.54. The molecule has 1 heterocycles. The van der Waals surface area contributed by atoms with E-state index in [1.165, 1.54) is 18.3 Å². The SMILES string of the molecule is NC(=O)Cc1cccc(Cl)c1C(=O)c1ncccc1F. The third-order valence-corrected chi connectivity index (χ3v) is 2.98. The highest BCUT2D eigenvalue weighted by Gasteiger charge is 2.21. The number of pyridine rings is 1. The molecule has 1 aromatic heterocycles. The minimum atomic E-state index is -0.748. The molecular weight excluding hydrogens is 283 g/mol. The van der Waals surface area contributed by atoms with Gasteiger partial charge in [-0.1, -0.05) is 23.7 Å². The molecule has 0 aliphatic heterocycles. The standard InChI is InChI=1S/C14H10ClFN2O2/c15-9-4-1-3-8(7-11(17)19)12(9)14(20)13-10(16)5-2-6-18-13/h1-6H,7H2,(H2,17,19). The van der Waals surface area contributed by atoms with E-state index in [2.05, 4.69) is 4.98 Å². The van der Waals surface area contributed by atoms with Gasteiger partial charge in [-0.15, -0.1) is 0 Å². The van der Waals surface area contributed by atoms with Crippen LogP contribution in [0.2, 0.25) is 5.02 Å². The Kier molecular flexibility index (Phi) is 4.10. The maximum Gasteiger partial charge on any atom is 0.221 e. The number of hydrogen-bond acceptors (Lipinski definition) is 3. The summed E-state index contributed by atoms with van der Waals surface area (Å²) in [5, 5.41) is 0.124. The van der Waals surface area contributed by atoms with Crippen LogP contribution in [0.15, 0.2) is 36.5 Å². The molecule has 0 bridgehead atoms. The molecule has 0 unspecified atom stereocenters. The lowest BCUT2D eigenvalue weighted by Crippen LogP contribution is -2.17. The molecule has 0 saturated carbocycles. The zero-order valence-corrected chi connectivity index (χ0v) is 11.0. The van der Waals surface area contributed by atoms with Crippen molar-refractivity contribution < 1.29 is 14.0 Å². The normalized spacial score (nSPS) is 10.3. The lowest BCUT2D eigenvalue weighted by molar-refractivity contribution is -0.117. The zero-order valence-electron chi connectivity index (χ0n) is 10.3. The van der Waals surface area contributed by atoms with Gasteiger partial charge >= 0.3 is 0 Å². The van der Waals surface area contributed by atoms with Crippen molar-refractivity contribution in [1.29, 1.82) is 0 Å². The summed E-state index contributed by atoms with van der Waals surface area (Å²) in [5.74, 6) is -2.03. The Morgan fingerprint density at radius 2 is 2.00 bits per heavy atom. The number of ketones is 1. The van der Waals surface area contributed by atoms with Crippen LogP contribution >= 0.6 is 11.6 Å². The van der Waals surface area contributed by atoms with Crippen molar-refractivity contribution in [3.05, 3.63) is 64.2 Å². The van der Waals surface area contributed by atoms with Gasteiger partial charge in [0, 0.05) is 11.8 Å². The number of primary amides is 1. The molecule has 20 heavy (non-hydrogen) atoms. The number of carbonyl (C=O) groups is 2. The van der Waals surface area contributed by atoms with Crippen LogP contribution in [0.4, 0.5) is 4.39 Å². The van der Waals surface area contributed by atoms with E-state index in [4.69, 9.17) is 17.3 Å². The molecule has 2 N–H and O–H groups in total.